The summed E-state index contributed by atoms with van der Waals surface area (Å²) in [5.41, 5.74) is 0. The molecule has 2 rings (SSSR count). The predicted molar refractivity (Wildman–Crippen MR) is 64.6 cm³/mol. The molecule has 1 heterocycles. The van der Waals surface area contributed by atoms with E-state index < -0.39 is 0 Å². The van der Waals surface area contributed by atoms with Crippen LogP contribution in [0.25, 0.3) is 0 Å². The van der Waals surface area contributed by atoms with Crippen molar-refractivity contribution in [3.05, 3.63) is 12.4 Å². The molecule has 1 aromatic rings. The van der Waals surface area contributed by atoms with Gasteiger partial charge in [-0.1, -0.05) is 20.3 Å². The normalized spacial score (nSPS) is 25.6. The van der Waals surface area contributed by atoms with Crippen molar-refractivity contribution in [2.75, 3.05) is 0 Å². The summed E-state index contributed by atoms with van der Waals surface area (Å²) >= 11 is 0. The van der Waals surface area contributed by atoms with E-state index in [2.05, 4.69) is 18.9 Å². The Morgan fingerprint density at radius 2 is 2.38 bits per heavy atom. The summed E-state index contributed by atoms with van der Waals surface area (Å²) in [5.74, 6) is 1.75. The topological polar surface area (TPSA) is 27.1 Å². The zero-order chi connectivity index (χ0) is 11.4. The lowest BCUT2D eigenvalue weighted by molar-refractivity contribution is 0.129. The molecule has 90 valence electrons. The van der Waals surface area contributed by atoms with Gasteiger partial charge in [0, 0.05) is 6.54 Å². The average molecular weight is 222 g/mol. The van der Waals surface area contributed by atoms with E-state index in [9.17, 15) is 0 Å². The van der Waals surface area contributed by atoms with Crippen molar-refractivity contribution in [1.82, 2.24) is 9.78 Å². The Balaban J connectivity index is 1.87. The number of aromatic nitrogens is 2. The maximum Gasteiger partial charge on any atom is 0.157 e. The predicted octanol–water partition coefficient (Wildman–Crippen LogP) is 3.25. The standard InChI is InChI=1S/C13H22N2O/c1-3-7-15-10-13(9-14-15)16-12-6-4-5-11(2)8-12/h9-12H,3-8H2,1-2H3. The first-order chi connectivity index (χ1) is 7.78. The van der Waals surface area contributed by atoms with Gasteiger partial charge in [0.05, 0.1) is 18.5 Å². The highest BCUT2D eigenvalue weighted by Gasteiger charge is 2.20. The Bertz CT molecular complexity index is 321. The minimum absolute atomic E-state index is 0.406. The van der Waals surface area contributed by atoms with Crippen LogP contribution in [0, 0.1) is 5.92 Å². The second-order valence-corrected chi connectivity index (χ2v) is 4.95. The summed E-state index contributed by atoms with van der Waals surface area (Å²) in [6.45, 7) is 5.45. The van der Waals surface area contributed by atoms with Crippen LogP contribution in [0.2, 0.25) is 0 Å². The molecule has 1 aliphatic carbocycles. The van der Waals surface area contributed by atoms with E-state index in [4.69, 9.17) is 4.74 Å². The summed E-state index contributed by atoms with van der Waals surface area (Å²) in [4.78, 5) is 0. The molecule has 0 amide bonds. The lowest BCUT2D eigenvalue weighted by Crippen LogP contribution is -2.23. The number of ether oxygens (including phenoxy) is 1. The third-order valence-electron chi connectivity index (χ3n) is 3.25. The fourth-order valence-electron chi connectivity index (χ4n) is 2.43. The molecule has 0 N–H and O–H groups in total. The van der Waals surface area contributed by atoms with Crippen LogP contribution in [-0.4, -0.2) is 15.9 Å². The zero-order valence-corrected chi connectivity index (χ0v) is 10.4. The summed E-state index contributed by atoms with van der Waals surface area (Å²) in [5, 5.41) is 4.28. The van der Waals surface area contributed by atoms with E-state index >= 15 is 0 Å². The van der Waals surface area contributed by atoms with Crippen molar-refractivity contribution in [2.24, 2.45) is 5.92 Å². The van der Waals surface area contributed by atoms with Crippen molar-refractivity contribution in [3.8, 4) is 5.75 Å². The first-order valence-electron chi connectivity index (χ1n) is 6.47. The van der Waals surface area contributed by atoms with E-state index in [-0.39, 0.29) is 0 Å². The van der Waals surface area contributed by atoms with Crippen LogP contribution in [0.3, 0.4) is 0 Å². The molecule has 1 aromatic heterocycles. The Hall–Kier alpha value is -0.990. The Kier molecular flexibility index (Phi) is 3.86. The summed E-state index contributed by atoms with van der Waals surface area (Å²) in [7, 11) is 0. The summed E-state index contributed by atoms with van der Waals surface area (Å²) in [6.07, 6.45) is 10.4. The van der Waals surface area contributed by atoms with E-state index in [1.165, 1.54) is 25.7 Å². The highest BCUT2D eigenvalue weighted by molar-refractivity contribution is 5.12. The Morgan fingerprint density at radius 3 is 3.12 bits per heavy atom. The van der Waals surface area contributed by atoms with Gasteiger partial charge in [0.2, 0.25) is 0 Å². The zero-order valence-electron chi connectivity index (χ0n) is 10.4. The van der Waals surface area contributed by atoms with Gasteiger partial charge in [-0.25, -0.2) is 0 Å². The molecule has 2 atom stereocenters. The van der Waals surface area contributed by atoms with Gasteiger partial charge in [-0.05, 0) is 31.6 Å². The van der Waals surface area contributed by atoms with Crippen molar-refractivity contribution in [2.45, 2.75) is 58.6 Å². The smallest absolute Gasteiger partial charge is 0.157 e. The van der Waals surface area contributed by atoms with E-state index in [0.717, 1.165) is 24.6 Å². The molecule has 1 aliphatic rings. The molecule has 0 radical (unpaired) electrons. The van der Waals surface area contributed by atoms with Gasteiger partial charge >= 0.3 is 0 Å². The summed E-state index contributed by atoms with van der Waals surface area (Å²) in [6, 6.07) is 0. The lowest BCUT2D eigenvalue weighted by Gasteiger charge is -2.26. The first kappa shape index (κ1) is 11.5. The molecule has 0 spiro atoms. The molecule has 1 saturated carbocycles. The van der Waals surface area contributed by atoms with Crippen molar-refractivity contribution in [1.29, 1.82) is 0 Å². The molecule has 2 unspecified atom stereocenters. The summed E-state index contributed by atoms with van der Waals surface area (Å²) < 4.78 is 7.93. The van der Waals surface area contributed by atoms with Gasteiger partial charge in [0.15, 0.2) is 5.75 Å². The lowest BCUT2D eigenvalue weighted by atomic mass is 9.89. The molecular weight excluding hydrogens is 200 g/mol. The fraction of sp³-hybridized carbons (Fsp3) is 0.769. The molecule has 0 saturated heterocycles. The van der Waals surface area contributed by atoms with Crippen LogP contribution in [-0.2, 0) is 6.54 Å². The van der Waals surface area contributed by atoms with Gasteiger partial charge < -0.3 is 4.74 Å². The number of hydrogen-bond donors (Lipinski definition) is 0. The van der Waals surface area contributed by atoms with Crippen LogP contribution >= 0.6 is 0 Å². The Morgan fingerprint density at radius 1 is 1.50 bits per heavy atom. The quantitative estimate of drug-likeness (QED) is 0.782. The highest BCUT2D eigenvalue weighted by Crippen LogP contribution is 2.27. The molecule has 0 aliphatic heterocycles. The largest absolute Gasteiger partial charge is 0.487 e. The van der Waals surface area contributed by atoms with Crippen LogP contribution in [0.5, 0.6) is 5.75 Å². The number of rotatable bonds is 4. The van der Waals surface area contributed by atoms with Crippen molar-refractivity contribution < 1.29 is 4.74 Å². The molecular formula is C13H22N2O. The average Bonchev–Trinajstić information content (AvgIpc) is 2.66. The van der Waals surface area contributed by atoms with E-state index in [1.807, 2.05) is 17.1 Å². The van der Waals surface area contributed by atoms with E-state index in [1.54, 1.807) is 0 Å². The third kappa shape index (κ3) is 3.00. The monoisotopic (exact) mass is 222 g/mol. The molecule has 3 heteroatoms. The number of hydrogen-bond acceptors (Lipinski definition) is 2. The van der Waals surface area contributed by atoms with Crippen LogP contribution in [0.1, 0.15) is 46.0 Å². The SMILES string of the molecule is CCCn1cc(OC2CCCC(C)C2)cn1. The fourth-order valence-corrected chi connectivity index (χ4v) is 2.43. The molecule has 1 fully saturated rings. The van der Waals surface area contributed by atoms with Crippen molar-refractivity contribution >= 4 is 0 Å². The second kappa shape index (κ2) is 5.37. The van der Waals surface area contributed by atoms with Crippen LogP contribution < -0.4 is 4.74 Å². The van der Waals surface area contributed by atoms with E-state index in [0.29, 0.717) is 6.10 Å². The first-order valence-corrected chi connectivity index (χ1v) is 6.47. The highest BCUT2D eigenvalue weighted by atomic mass is 16.5. The number of aryl methyl sites for hydroxylation is 1. The molecule has 16 heavy (non-hydrogen) atoms. The van der Waals surface area contributed by atoms with Crippen LogP contribution in [0.4, 0.5) is 0 Å². The Labute approximate surface area is 97.8 Å². The number of nitrogens with zero attached hydrogens (tertiary/aromatic N) is 2. The van der Waals surface area contributed by atoms with Crippen molar-refractivity contribution in [3.63, 3.8) is 0 Å². The van der Waals surface area contributed by atoms with Gasteiger partial charge in [-0.3, -0.25) is 4.68 Å². The second-order valence-electron chi connectivity index (χ2n) is 4.95. The van der Waals surface area contributed by atoms with Crippen LogP contribution in [0.15, 0.2) is 12.4 Å². The third-order valence-corrected chi connectivity index (χ3v) is 3.25. The minimum Gasteiger partial charge on any atom is -0.487 e. The van der Waals surface area contributed by atoms with Gasteiger partial charge in [-0.15, -0.1) is 0 Å². The maximum atomic E-state index is 5.97. The minimum atomic E-state index is 0.406. The molecule has 0 bridgehead atoms. The van der Waals surface area contributed by atoms with Gasteiger partial charge in [0.1, 0.15) is 0 Å². The maximum absolute atomic E-state index is 5.97. The van der Waals surface area contributed by atoms with Gasteiger partial charge in [0.25, 0.3) is 0 Å². The van der Waals surface area contributed by atoms with Gasteiger partial charge in [-0.2, -0.15) is 5.10 Å². The molecule has 3 nitrogen and oxygen atoms in total. The molecule has 0 aromatic carbocycles.